The van der Waals surface area contributed by atoms with Crippen molar-refractivity contribution < 1.29 is 4.74 Å². The molecule has 104 valence electrons. The van der Waals surface area contributed by atoms with Crippen LogP contribution in [0.4, 0.5) is 0 Å². The molecule has 17 heavy (non-hydrogen) atoms. The van der Waals surface area contributed by atoms with Gasteiger partial charge in [-0.25, -0.2) is 0 Å². The molecule has 0 rings (SSSR count). The van der Waals surface area contributed by atoms with Gasteiger partial charge in [0.1, 0.15) is 0 Å². The van der Waals surface area contributed by atoms with Crippen LogP contribution in [0.15, 0.2) is 0 Å². The van der Waals surface area contributed by atoms with Gasteiger partial charge >= 0.3 is 0 Å². The third-order valence-electron chi connectivity index (χ3n) is 2.83. The largest absolute Gasteiger partial charge is 0.377 e. The molecule has 0 aromatic heterocycles. The van der Waals surface area contributed by atoms with Gasteiger partial charge in [0.25, 0.3) is 0 Å². The first kappa shape index (κ1) is 16.9. The lowest BCUT2D eigenvalue weighted by molar-refractivity contribution is 0.0104. The third kappa shape index (κ3) is 10.8. The molecule has 0 aromatic rings. The van der Waals surface area contributed by atoms with E-state index in [0.717, 1.165) is 26.1 Å². The summed E-state index contributed by atoms with van der Waals surface area (Å²) in [6.45, 7) is 18.6. The molecule has 0 bridgehead atoms. The zero-order valence-electron chi connectivity index (χ0n) is 13.0. The molecule has 0 aliphatic carbocycles. The minimum absolute atomic E-state index is 0.344. The molecule has 1 atom stereocenters. The molecule has 0 aliphatic rings. The fourth-order valence-electron chi connectivity index (χ4n) is 1.52. The average Bonchev–Trinajstić information content (AvgIpc) is 2.12. The number of rotatable bonds is 8. The maximum atomic E-state index is 6.00. The fraction of sp³-hybridized carbons (Fsp3) is 1.00. The summed E-state index contributed by atoms with van der Waals surface area (Å²) in [5, 5.41) is 3.49. The first-order valence-electron chi connectivity index (χ1n) is 7.04. The highest BCUT2D eigenvalue weighted by Gasteiger charge is 2.16. The van der Waals surface area contributed by atoms with E-state index in [9.17, 15) is 0 Å². The Morgan fingerprint density at radius 1 is 1.00 bits per heavy atom. The highest BCUT2D eigenvalue weighted by Crippen LogP contribution is 2.19. The van der Waals surface area contributed by atoms with Crippen LogP contribution in [-0.2, 0) is 4.74 Å². The first-order chi connectivity index (χ1) is 7.72. The maximum absolute atomic E-state index is 6.00. The number of hydrogen-bond acceptors (Lipinski definition) is 2. The van der Waals surface area contributed by atoms with E-state index in [2.05, 4.69) is 53.8 Å². The van der Waals surface area contributed by atoms with E-state index in [0.29, 0.717) is 23.4 Å². The highest BCUT2D eigenvalue weighted by atomic mass is 16.5. The summed E-state index contributed by atoms with van der Waals surface area (Å²) in [6, 6.07) is 0. The number of ether oxygens (including phenoxy) is 1. The Bertz CT molecular complexity index is 182. The smallest absolute Gasteiger partial charge is 0.0722 e. The Balaban J connectivity index is 3.83. The van der Waals surface area contributed by atoms with Gasteiger partial charge in [0.05, 0.1) is 6.10 Å². The van der Waals surface area contributed by atoms with E-state index >= 15 is 0 Å². The molecule has 1 unspecified atom stereocenters. The average molecular weight is 243 g/mol. The molecule has 0 aliphatic heterocycles. The van der Waals surface area contributed by atoms with Gasteiger partial charge in [0.15, 0.2) is 0 Å². The highest BCUT2D eigenvalue weighted by molar-refractivity contribution is 4.68. The normalized spacial score (nSPS) is 14.6. The van der Waals surface area contributed by atoms with Crippen molar-refractivity contribution in [1.82, 2.24) is 5.32 Å². The topological polar surface area (TPSA) is 21.3 Å². The zero-order valence-corrected chi connectivity index (χ0v) is 13.0. The summed E-state index contributed by atoms with van der Waals surface area (Å²) in [5.74, 6) is 1.28. The second kappa shape index (κ2) is 8.10. The Hall–Kier alpha value is -0.0800. The van der Waals surface area contributed by atoms with E-state index < -0.39 is 0 Å². The van der Waals surface area contributed by atoms with E-state index in [1.165, 1.54) is 0 Å². The monoisotopic (exact) mass is 243 g/mol. The van der Waals surface area contributed by atoms with Gasteiger partial charge in [-0.1, -0.05) is 48.5 Å². The zero-order chi connectivity index (χ0) is 13.5. The SMILES string of the molecule is CC(C)CNCC(OCCC(C)(C)C)C(C)C. The minimum atomic E-state index is 0.344. The molecular formula is C15H33NO. The summed E-state index contributed by atoms with van der Waals surface area (Å²) in [6.07, 6.45) is 1.47. The van der Waals surface area contributed by atoms with Crippen LogP contribution in [0.1, 0.15) is 54.9 Å². The summed E-state index contributed by atoms with van der Waals surface area (Å²) < 4.78 is 6.00. The van der Waals surface area contributed by atoms with Crippen molar-refractivity contribution in [2.24, 2.45) is 17.3 Å². The van der Waals surface area contributed by atoms with Crippen molar-refractivity contribution in [2.75, 3.05) is 19.7 Å². The summed E-state index contributed by atoms with van der Waals surface area (Å²) in [7, 11) is 0. The van der Waals surface area contributed by atoms with Crippen LogP contribution in [0.3, 0.4) is 0 Å². The van der Waals surface area contributed by atoms with Gasteiger partial charge in [-0.2, -0.15) is 0 Å². The molecule has 0 amide bonds. The Labute approximate surface area is 109 Å². The third-order valence-corrected chi connectivity index (χ3v) is 2.83. The van der Waals surface area contributed by atoms with E-state index in [1.807, 2.05) is 0 Å². The minimum Gasteiger partial charge on any atom is -0.377 e. The summed E-state index contributed by atoms with van der Waals surface area (Å²) in [4.78, 5) is 0. The van der Waals surface area contributed by atoms with Crippen LogP contribution >= 0.6 is 0 Å². The van der Waals surface area contributed by atoms with Crippen LogP contribution in [0.25, 0.3) is 0 Å². The first-order valence-corrected chi connectivity index (χ1v) is 7.04. The number of nitrogens with one attached hydrogen (secondary N) is 1. The van der Waals surface area contributed by atoms with Gasteiger partial charge in [-0.05, 0) is 30.2 Å². The Morgan fingerprint density at radius 3 is 2.00 bits per heavy atom. The summed E-state index contributed by atoms with van der Waals surface area (Å²) in [5.41, 5.74) is 0.368. The van der Waals surface area contributed by atoms with Crippen molar-refractivity contribution in [3.8, 4) is 0 Å². The van der Waals surface area contributed by atoms with Crippen LogP contribution in [0, 0.1) is 17.3 Å². The molecule has 2 nitrogen and oxygen atoms in total. The number of hydrogen-bond donors (Lipinski definition) is 1. The van der Waals surface area contributed by atoms with E-state index in [-0.39, 0.29) is 0 Å². The fourth-order valence-corrected chi connectivity index (χ4v) is 1.52. The molecule has 0 saturated heterocycles. The van der Waals surface area contributed by atoms with Crippen LogP contribution in [-0.4, -0.2) is 25.8 Å². The quantitative estimate of drug-likeness (QED) is 0.701. The van der Waals surface area contributed by atoms with Crippen molar-refractivity contribution in [1.29, 1.82) is 0 Å². The van der Waals surface area contributed by atoms with Crippen LogP contribution in [0.2, 0.25) is 0 Å². The van der Waals surface area contributed by atoms with Gasteiger partial charge in [0, 0.05) is 13.2 Å². The van der Waals surface area contributed by atoms with Crippen molar-refractivity contribution >= 4 is 0 Å². The molecule has 0 fully saturated rings. The molecular weight excluding hydrogens is 210 g/mol. The Kier molecular flexibility index (Phi) is 8.06. The molecule has 1 N–H and O–H groups in total. The van der Waals surface area contributed by atoms with E-state index in [1.54, 1.807) is 0 Å². The van der Waals surface area contributed by atoms with Crippen LogP contribution < -0.4 is 5.32 Å². The second-order valence-corrected chi connectivity index (χ2v) is 7.02. The van der Waals surface area contributed by atoms with Crippen molar-refractivity contribution in [3.05, 3.63) is 0 Å². The maximum Gasteiger partial charge on any atom is 0.0722 e. The van der Waals surface area contributed by atoms with Crippen molar-refractivity contribution in [2.45, 2.75) is 61.0 Å². The van der Waals surface area contributed by atoms with Gasteiger partial charge in [0.2, 0.25) is 0 Å². The van der Waals surface area contributed by atoms with Gasteiger partial charge in [-0.15, -0.1) is 0 Å². The molecule has 0 aromatic carbocycles. The lowest BCUT2D eigenvalue weighted by Crippen LogP contribution is -2.35. The lowest BCUT2D eigenvalue weighted by atomic mass is 9.93. The molecule has 0 heterocycles. The molecule has 0 radical (unpaired) electrons. The molecule has 0 saturated carbocycles. The lowest BCUT2D eigenvalue weighted by Gasteiger charge is -2.25. The summed E-state index contributed by atoms with van der Waals surface area (Å²) >= 11 is 0. The standard InChI is InChI=1S/C15H33NO/c1-12(2)10-16-11-14(13(3)4)17-9-8-15(5,6)7/h12-14,16H,8-11H2,1-7H3. The van der Waals surface area contributed by atoms with Crippen LogP contribution in [0.5, 0.6) is 0 Å². The van der Waals surface area contributed by atoms with Crippen molar-refractivity contribution in [3.63, 3.8) is 0 Å². The van der Waals surface area contributed by atoms with Gasteiger partial charge in [-0.3, -0.25) is 0 Å². The molecule has 2 heteroatoms. The van der Waals surface area contributed by atoms with E-state index in [4.69, 9.17) is 4.74 Å². The molecule has 0 spiro atoms. The second-order valence-electron chi connectivity index (χ2n) is 7.02. The predicted octanol–water partition coefficient (Wildman–Crippen LogP) is 3.71. The predicted molar refractivity (Wildman–Crippen MR) is 76.4 cm³/mol. The van der Waals surface area contributed by atoms with Gasteiger partial charge < -0.3 is 10.1 Å². The Morgan fingerprint density at radius 2 is 1.59 bits per heavy atom.